The smallest absolute Gasteiger partial charge is 0.410 e. The van der Waals surface area contributed by atoms with E-state index < -0.39 is 13.6 Å². The highest BCUT2D eigenvalue weighted by Crippen LogP contribution is 2.47. The molecular formula is C39H55N2O11P. The van der Waals surface area contributed by atoms with Gasteiger partial charge in [-0.3, -0.25) is 14.2 Å². The van der Waals surface area contributed by atoms with Gasteiger partial charge in [-0.1, -0.05) is 66.7 Å². The normalized spacial score (nSPS) is 14.9. The van der Waals surface area contributed by atoms with Crippen LogP contribution in [0.25, 0.3) is 0 Å². The van der Waals surface area contributed by atoms with Crippen LogP contribution < -0.4 is 0 Å². The van der Waals surface area contributed by atoms with Crippen molar-refractivity contribution >= 4 is 37.8 Å². The van der Waals surface area contributed by atoms with Gasteiger partial charge < -0.3 is 37.9 Å². The molecule has 0 atom stereocenters. The molecule has 0 aromatic heterocycles. The number of aldehydes is 1. The highest BCUT2D eigenvalue weighted by atomic mass is 31.2. The van der Waals surface area contributed by atoms with Crippen LogP contribution in [0.5, 0.6) is 0 Å². The Bertz CT molecular complexity index is 1450. The number of piperidine rings is 2. The lowest BCUT2D eigenvalue weighted by Gasteiger charge is -2.29. The first-order chi connectivity index (χ1) is 25.5. The zero-order chi connectivity index (χ0) is 38.9. The van der Waals surface area contributed by atoms with Crippen LogP contribution in [0.3, 0.4) is 0 Å². The van der Waals surface area contributed by atoms with Crippen molar-refractivity contribution in [1.29, 1.82) is 0 Å². The van der Waals surface area contributed by atoms with Gasteiger partial charge in [-0.25, -0.2) is 9.59 Å². The van der Waals surface area contributed by atoms with Crippen LogP contribution >= 0.6 is 7.60 Å². The number of hydrogen-bond donors (Lipinski definition) is 0. The number of benzene rings is 2. The molecule has 2 aromatic carbocycles. The third-order valence-corrected chi connectivity index (χ3v) is 10.0. The van der Waals surface area contributed by atoms with Crippen molar-refractivity contribution in [3.05, 3.63) is 83.9 Å². The van der Waals surface area contributed by atoms with Gasteiger partial charge in [-0.15, -0.1) is 0 Å². The Hall–Kier alpha value is -4.32. The Morgan fingerprint density at radius 2 is 1.11 bits per heavy atom. The average Bonchev–Trinajstić information content (AvgIpc) is 3.17. The van der Waals surface area contributed by atoms with Crippen molar-refractivity contribution in [2.75, 3.05) is 52.2 Å². The van der Waals surface area contributed by atoms with Crippen LogP contribution in [-0.2, 0) is 55.4 Å². The Labute approximate surface area is 313 Å². The molecule has 14 heteroatoms. The molecule has 2 fully saturated rings. The summed E-state index contributed by atoms with van der Waals surface area (Å²) >= 11 is 0. The molecule has 0 aliphatic carbocycles. The standard InChI is InChI=1S/C17H21NO3.C14H17NO3.C8H17O5P/c1-14(19)7-8-15-9-11-18(12-10-15)17(20)21-13-16-5-3-2-4-6-16;16-10-12-6-8-15(9-7-12)14(17)18-11-13-4-2-1-3-5-13;1-4-11-8(9)7-14(10,12-5-2)13-6-3/h2-8,15H,9-13H2,1H3;1-5,10,12H,6-9,11H2;4-7H2,1-3H3/b8-7+;;. The fourth-order valence-electron chi connectivity index (χ4n) is 5.27. The molecule has 2 aliphatic rings. The summed E-state index contributed by atoms with van der Waals surface area (Å²) in [6, 6.07) is 19.3. The molecule has 0 bridgehead atoms. The third-order valence-electron chi connectivity index (χ3n) is 8.08. The number of nitrogens with zero attached hydrogens (tertiary/aromatic N) is 2. The summed E-state index contributed by atoms with van der Waals surface area (Å²) in [5, 5.41) is 0. The van der Waals surface area contributed by atoms with Crippen molar-refractivity contribution in [1.82, 2.24) is 9.80 Å². The van der Waals surface area contributed by atoms with Crippen LogP contribution in [0.2, 0.25) is 0 Å². The van der Waals surface area contributed by atoms with E-state index in [-0.39, 0.29) is 49.9 Å². The lowest BCUT2D eigenvalue weighted by Crippen LogP contribution is -2.39. The van der Waals surface area contributed by atoms with Gasteiger partial charge in [-0.05, 0) is 76.5 Å². The number of ether oxygens (including phenoxy) is 3. The highest BCUT2D eigenvalue weighted by Gasteiger charge is 2.28. The predicted molar refractivity (Wildman–Crippen MR) is 200 cm³/mol. The van der Waals surface area contributed by atoms with Crippen LogP contribution in [0.1, 0.15) is 64.5 Å². The Balaban J connectivity index is 0.000000281. The molecule has 292 valence electrons. The molecule has 53 heavy (non-hydrogen) atoms. The SMILES string of the molecule is CC(=O)/C=C/C1CCN(C(=O)OCc2ccccc2)CC1.CCOC(=O)CP(=O)(OCC)OCC.O=CC1CCN(C(=O)OCc2ccccc2)CC1. The fraction of sp³-hybridized carbons (Fsp3) is 0.513. The number of likely N-dealkylation sites (tertiary alicyclic amines) is 2. The lowest BCUT2D eigenvalue weighted by molar-refractivity contribution is -0.140. The maximum atomic E-state index is 12.0. The Morgan fingerprint density at radius 3 is 1.49 bits per heavy atom. The zero-order valence-electron chi connectivity index (χ0n) is 31.4. The van der Waals surface area contributed by atoms with E-state index in [1.54, 1.807) is 43.6 Å². The van der Waals surface area contributed by atoms with Gasteiger partial charge >= 0.3 is 25.8 Å². The molecule has 0 radical (unpaired) electrons. The summed E-state index contributed by atoms with van der Waals surface area (Å²) in [6.45, 7) is 10.6. The minimum atomic E-state index is -3.28. The van der Waals surface area contributed by atoms with Crippen molar-refractivity contribution in [2.24, 2.45) is 11.8 Å². The van der Waals surface area contributed by atoms with Gasteiger partial charge in [0.25, 0.3) is 0 Å². The molecular weight excluding hydrogens is 703 g/mol. The molecule has 2 aromatic rings. The van der Waals surface area contributed by atoms with Crippen LogP contribution in [-0.4, -0.2) is 92.2 Å². The van der Waals surface area contributed by atoms with Crippen molar-refractivity contribution in [3.63, 3.8) is 0 Å². The molecule has 2 saturated heterocycles. The second kappa shape index (κ2) is 25.6. The number of carbonyl (C=O) groups is 5. The topological polar surface area (TPSA) is 155 Å². The number of hydrogen-bond acceptors (Lipinski definition) is 11. The van der Waals surface area contributed by atoms with Crippen LogP contribution in [0.4, 0.5) is 9.59 Å². The predicted octanol–water partition coefficient (Wildman–Crippen LogP) is 7.23. The minimum Gasteiger partial charge on any atom is -0.466 e. The van der Waals surface area contributed by atoms with E-state index in [0.717, 1.165) is 43.1 Å². The lowest BCUT2D eigenvalue weighted by atomic mass is 9.96. The number of carbonyl (C=O) groups excluding carboxylic acids is 5. The maximum Gasteiger partial charge on any atom is 0.410 e. The van der Waals surface area contributed by atoms with E-state index >= 15 is 0 Å². The highest BCUT2D eigenvalue weighted by molar-refractivity contribution is 7.54. The van der Waals surface area contributed by atoms with Gasteiger partial charge in [0, 0.05) is 32.1 Å². The summed E-state index contributed by atoms with van der Waals surface area (Å²) in [5.74, 6) is -0.00678. The average molecular weight is 759 g/mol. The zero-order valence-corrected chi connectivity index (χ0v) is 32.3. The molecule has 2 amide bonds. The van der Waals surface area contributed by atoms with E-state index in [2.05, 4.69) is 4.74 Å². The van der Waals surface area contributed by atoms with Gasteiger partial charge in [0.2, 0.25) is 0 Å². The summed E-state index contributed by atoms with van der Waals surface area (Å²) < 4.78 is 36.8. The third kappa shape index (κ3) is 18.8. The van der Waals surface area contributed by atoms with Gasteiger partial charge in [-0.2, -0.15) is 0 Å². The number of amides is 2. The maximum absolute atomic E-state index is 12.0. The van der Waals surface area contributed by atoms with E-state index in [1.807, 2.05) is 66.7 Å². The summed E-state index contributed by atoms with van der Waals surface area (Å²) in [4.78, 5) is 59.7. The summed E-state index contributed by atoms with van der Waals surface area (Å²) in [7, 11) is -3.28. The Morgan fingerprint density at radius 1 is 0.679 bits per heavy atom. The summed E-state index contributed by atoms with van der Waals surface area (Å²) in [5.41, 5.74) is 1.97. The van der Waals surface area contributed by atoms with E-state index in [4.69, 9.17) is 18.5 Å². The van der Waals surface area contributed by atoms with E-state index in [0.29, 0.717) is 45.3 Å². The monoisotopic (exact) mass is 758 g/mol. The first-order valence-electron chi connectivity index (χ1n) is 18.1. The quantitative estimate of drug-likeness (QED) is 0.0630. The van der Waals surface area contributed by atoms with E-state index in [9.17, 15) is 28.5 Å². The van der Waals surface area contributed by atoms with Crippen LogP contribution in [0, 0.1) is 11.8 Å². The van der Waals surface area contributed by atoms with Crippen LogP contribution in [0.15, 0.2) is 72.8 Å². The molecule has 0 unspecified atom stereocenters. The minimum absolute atomic E-state index is 0.0692. The number of rotatable bonds is 14. The number of ketones is 1. The molecule has 2 heterocycles. The van der Waals surface area contributed by atoms with Gasteiger partial charge in [0.15, 0.2) is 5.78 Å². The fourth-order valence-corrected chi connectivity index (χ4v) is 6.72. The molecule has 4 rings (SSSR count). The van der Waals surface area contributed by atoms with Gasteiger partial charge in [0.05, 0.1) is 19.8 Å². The van der Waals surface area contributed by atoms with Crippen molar-refractivity contribution in [3.8, 4) is 0 Å². The van der Waals surface area contributed by atoms with E-state index in [1.165, 1.54) is 0 Å². The molecule has 0 N–H and O–H groups in total. The first kappa shape index (κ1) is 44.8. The first-order valence-corrected chi connectivity index (χ1v) is 19.8. The molecule has 2 aliphatic heterocycles. The second-order valence-electron chi connectivity index (χ2n) is 12.2. The largest absolute Gasteiger partial charge is 0.466 e. The Kier molecular flexibility index (Phi) is 21.7. The molecule has 0 spiro atoms. The number of allylic oxidation sites excluding steroid dienone is 2. The van der Waals surface area contributed by atoms with Crippen molar-refractivity contribution in [2.45, 2.75) is 66.6 Å². The molecule has 0 saturated carbocycles. The number of esters is 1. The molecule has 13 nitrogen and oxygen atoms in total. The summed E-state index contributed by atoms with van der Waals surface area (Å²) in [6.07, 6.45) is 6.93. The second-order valence-corrected chi connectivity index (χ2v) is 14.3. The van der Waals surface area contributed by atoms with Crippen molar-refractivity contribution < 1.29 is 51.8 Å². The van der Waals surface area contributed by atoms with Gasteiger partial charge in [0.1, 0.15) is 25.7 Å².